The molecular formula is C15H19NO2S. The van der Waals surface area contributed by atoms with Crippen molar-refractivity contribution in [3.8, 4) is 17.1 Å². The molecule has 4 heteroatoms. The van der Waals surface area contributed by atoms with Gasteiger partial charge in [0.1, 0.15) is 5.75 Å². The van der Waals surface area contributed by atoms with Crippen molar-refractivity contribution in [1.29, 1.82) is 0 Å². The van der Waals surface area contributed by atoms with E-state index < -0.39 is 0 Å². The van der Waals surface area contributed by atoms with Gasteiger partial charge in [-0.3, -0.25) is 0 Å². The van der Waals surface area contributed by atoms with E-state index >= 15 is 0 Å². The average molecular weight is 277 g/mol. The van der Waals surface area contributed by atoms with Crippen LogP contribution in [0.25, 0.3) is 11.3 Å². The summed E-state index contributed by atoms with van der Waals surface area (Å²) in [7, 11) is 1.66. The molecule has 0 fully saturated rings. The Balaban J connectivity index is 2.53. The van der Waals surface area contributed by atoms with Crippen LogP contribution in [0, 0.1) is 0 Å². The molecule has 0 atom stereocenters. The monoisotopic (exact) mass is 277 g/mol. The van der Waals surface area contributed by atoms with Crippen LogP contribution in [0.5, 0.6) is 5.75 Å². The number of hydrogen-bond donors (Lipinski definition) is 1. The van der Waals surface area contributed by atoms with Crippen LogP contribution in [0.15, 0.2) is 28.8 Å². The van der Waals surface area contributed by atoms with Crippen LogP contribution < -0.4 is 4.74 Å². The summed E-state index contributed by atoms with van der Waals surface area (Å²) in [6.07, 6.45) is 0. The Morgan fingerprint density at radius 2 is 2.00 bits per heavy atom. The first-order valence-corrected chi connectivity index (χ1v) is 6.84. The average Bonchev–Trinajstić information content (AvgIpc) is 2.85. The molecule has 0 aliphatic rings. The van der Waals surface area contributed by atoms with E-state index in [0.717, 1.165) is 17.0 Å². The summed E-state index contributed by atoms with van der Waals surface area (Å²) < 4.78 is 10.8. The fraction of sp³-hybridized carbons (Fsp3) is 0.400. The Bertz CT molecular complexity index is 570. The van der Waals surface area contributed by atoms with Crippen molar-refractivity contribution < 1.29 is 9.26 Å². The minimum Gasteiger partial charge on any atom is -0.496 e. The van der Waals surface area contributed by atoms with Gasteiger partial charge >= 0.3 is 0 Å². The number of nitrogens with zero attached hydrogens (tertiary/aromatic N) is 1. The van der Waals surface area contributed by atoms with Crippen molar-refractivity contribution in [3.05, 3.63) is 35.5 Å². The highest BCUT2D eigenvalue weighted by molar-refractivity contribution is 7.79. The number of aromatic nitrogens is 1. The summed E-state index contributed by atoms with van der Waals surface area (Å²) in [6.45, 7) is 6.54. The summed E-state index contributed by atoms with van der Waals surface area (Å²) in [6, 6.07) is 8.05. The first kappa shape index (κ1) is 14.0. The van der Waals surface area contributed by atoms with Crippen LogP contribution in [0.4, 0.5) is 0 Å². The molecule has 3 nitrogen and oxygen atoms in total. The van der Waals surface area contributed by atoms with Gasteiger partial charge in [0.15, 0.2) is 5.76 Å². The van der Waals surface area contributed by atoms with Crippen molar-refractivity contribution >= 4 is 12.6 Å². The molecule has 0 amide bonds. The van der Waals surface area contributed by atoms with Crippen LogP contribution in [0.1, 0.15) is 32.0 Å². The Labute approximate surface area is 119 Å². The number of ether oxygens (including phenoxy) is 1. The van der Waals surface area contributed by atoms with Crippen molar-refractivity contribution in [2.75, 3.05) is 7.11 Å². The zero-order valence-electron chi connectivity index (χ0n) is 11.7. The highest BCUT2D eigenvalue weighted by atomic mass is 32.1. The maximum Gasteiger partial charge on any atom is 0.170 e. The first-order valence-electron chi connectivity index (χ1n) is 6.21. The molecule has 1 aromatic heterocycles. The van der Waals surface area contributed by atoms with Crippen LogP contribution in [-0.2, 0) is 11.2 Å². The zero-order valence-corrected chi connectivity index (χ0v) is 12.6. The number of methoxy groups -OCH3 is 1. The SMILES string of the molecule is COc1ccc(C(C)(C)C)cc1-c1cc(CS)no1. The number of rotatable bonds is 3. The fourth-order valence-electron chi connectivity index (χ4n) is 1.88. The fourth-order valence-corrected chi connectivity index (χ4v) is 2.03. The van der Waals surface area contributed by atoms with E-state index in [1.807, 2.05) is 12.1 Å². The van der Waals surface area contributed by atoms with Gasteiger partial charge in [0.25, 0.3) is 0 Å². The summed E-state index contributed by atoms with van der Waals surface area (Å²) in [5, 5.41) is 3.97. The standard InChI is InChI=1S/C15H19NO2S/c1-15(2,3)10-5-6-13(17-4)12(7-10)14-8-11(9-19)16-18-14/h5-8,19H,9H2,1-4H3. The van der Waals surface area contributed by atoms with Gasteiger partial charge < -0.3 is 9.26 Å². The van der Waals surface area contributed by atoms with Gasteiger partial charge in [-0.1, -0.05) is 32.0 Å². The molecule has 102 valence electrons. The lowest BCUT2D eigenvalue weighted by Gasteiger charge is -2.20. The van der Waals surface area contributed by atoms with Gasteiger partial charge in [-0.25, -0.2) is 0 Å². The Morgan fingerprint density at radius 1 is 1.26 bits per heavy atom. The molecule has 0 aliphatic carbocycles. The third kappa shape index (κ3) is 2.95. The van der Waals surface area contributed by atoms with Gasteiger partial charge in [0.2, 0.25) is 0 Å². The quantitative estimate of drug-likeness (QED) is 0.859. The van der Waals surface area contributed by atoms with Gasteiger partial charge in [-0.05, 0) is 23.1 Å². The minimum atomic E-state index is 0.0768. The van der Waals surface area contributed by atoms with Gasteiger partial charge in [-0.15, -0.1) is 0 Å². The molecule has 0 saturated heterocycles. The van der Waals surface area contributed by atoms with E-state index in [4.69, 9.17) is 9.26 Å². The van der Waals surface area contributed by atoms with Crippen molar-refractivity contribution in [1.82, 2.24) is 5.16 Å². The molecule has 1 heterocycles. The van der Waals surface area contributed by atoms with Gasteiger partial charge in [-0.2, -0.15) is 12.6 Å². The van der Waals surface area contributed by atoms with Gasteiger partial charge in [0.05, 0.1) is 18.4 Å². The second kappa shape index (κ2) is 5.29. The number of thiol groups is 1. The van der Waals surface area contributed by atoms with E-state index in [1.54, 1.807) is 7.11 Å². The first-order chi connectivity index (χ1) is 8.95. The van der Waals surface area contributed by atoms with E-state index in [-0.39, 0.29) is 5.41 Å². The molecule has 19 heavy (non-hydrogen) atoms. The van der Waals surface area contributed by atoms with E-state index in [2.05, 4.69) is 50.7 Å². The molecule has 0 spiro atoms. The topological polar surface area (TPSA) is 35.3 Å². The van der Waals surface area contributed by atoms with Crippen molar-refractivity contribution in [2.45, 2.75) is 31.9 Å². The Hall–Kier alpha value is -1.42. The summed E-state index contributed by atoms with van der Waals surface area (Å²) >= 11 is 4.20. The lowest BCUT2D eigenvalue weighted by Crippen LogP contribution is -2.11. The highest BCUT2D eigenvalue weighted by Crippen LogP contribution is 2.35. The molecule has 0 bridgehead atoms. The zero-order chi connectivity index (χ0) is 14.0. The van der Waals surface area contributed by atoms with Gasteiger partial charge in [0, 0.05) is 11.8 Å². The molecule has 2 aromatic rings. The lowest BCUT2D eigenvalue weighted by atomic mass is 9.86. The molecule has 0 saturated carbocycles. The summed E-state index contributed by atoms with van der Waals surface area (Å²) in [5.74, 6) is 2.06. The van der Waals surface area contributed by atoms with Crippen LogP contribution in [0.3, 0.4) is 0 Å². The predicted octanol–water partition coefficient (Wildman–Crippen LogP) is 4.08. The molecule has 2 rings (SSSR count). The summed E-state index contributed by atoms with van der Waals surface area (Å²) in [5.41, 5.74) is 3.05. The van der Waals surface area contributed by atoms with E-state index in [9.17, 15) is 0 Å². The van der Waals surface area contributed by atoms with E-state index in [1.165, 1.54) is 5.56 Å². The maximum atomic E-state index is 5.40. The highest BCUT2D eigenvalue weighted by Gasteiger charge is 2.18. The molecular weight excluding hydrogens is 258 g/mol. The Morgan fingerprint density at radius 3 is 2.53 bits per heavy atom. The predicted molar refractivity (Wildman–Crippen MR) is 79.9 cm³/mol. The number of hydrogen-bond acceptors (Lipinski definition) is 4. The second-order valence-electron chi connectivity index (χ2n) is 5.51. The van der Waals surface area contributed by atoms with Crippen molar-refractivity contribution in [3.63, 3.8) is 0 Å². The molecule has 0 radical (unpaired) electrons. The molecule has 1 aromatic carbocycles. The van der Waals surface area contributed by atoms with Crippen LogP contribution >= 0.6 is 12.6 Å². The van der Waals surface area contributed by atoms with Crippen LogP contribution in [0.2, 0.25) is 0 Å². The third-order valence-corrected chi connectivity index (χ3v) is 3.38. The molecule has 0 N–H and O–H groups in total. The van der Waals surface area contributed by atoms with E-state index in [0.29, 0.717) is 11.5 Å². The molecule has 0 aliphatic heterocycles. The molecule has 0 unspecified atom stereocenters. The minimum absolute atomic E-state index is 0.0768. The lowest BCUT2D eigenvalue weighted by molar-refractivity contribution is 0.404. The normalized spacial score (nSPS) is 11.6. The Kier molecular flexibility index (Phi) is 3.90. The second-order valence-corrected chi connectivity index (χ2v) is 5.82. The van der Waals surface area contributed by atoms with Crippen LogP contribution in [-0.4, -0.2) is 12.3 Å². The largest absolute Gasteiger partial charge is 0.496 e. The number of benzene rings is 1. The third-order valence-electron chi connectivity index (χ3n) is 3.05. The van der Waals surface area contributed by atoms with Crippen molar-refractivity contribution in [2.24, 2.45) is 0 Å². The smallest absolute Gasteiger partial charge is 0.170 e. The summed E-state index contributed by atoms with van der Waals surface area (Å²) in [4.78, 5) is 0. The maximum absolute atomic E-state index is 5.40.